The fourth-order valence-corrected chi connectivity index (χ4v) is 3.64. The summed E-state index contributed by atoms with van der Waals surface area (Å²) in [4.78, 5) is 8.94. The Morgan fingerprint density at radius 1 is 1.19 bits per heavy atom. The normalized spacial score (nSPS) is 15.6. The summed E-state index contributed by atoms with van der Waals surface area (Å²) >= 11 is 6.28. The van der Waals surface area contributed by atoms with Crippen LogP contribution in [0.5, 0.6) is 0 Å². The number of rotatable bonds is 6. The van der Waals surface area contributed by atoms with Crippen molar-refractivity contribution in [2.24, 2.45) is 4.99 Å². The predicted octanol–water partition coefficient (Wildman–Crippen LogP) is 2.48. The summed E-state index contributed by atoms with van der Waals surface area (Å²) in [6, 6.07) is 7.87. The fourth-order valence-electron chi connectivity index (χ4n) is 2.73. The lowest BCUT2D eigenvalue weighted by molar-refractivity contribution is 0.373. The van der Waals surface area contributed by atoms with E-state index in [4.69, 9.17) is 11.6 Å². The molecule has 0 amide bonds. The number of aliphatic imine (C=N–C) groups is 1. The van der Waals surface area contributed by atoms with Gasteiger partial charge in [0.2, 0.25) is 0 Å². The second-order valence-corrected chi connectivity index (χ2v) is 8.78. The van der Waals surface area contributed by atoms with Crippen molar-refractivity contribution in [1.82, 2.24) is 10.2 Å². The van der Waals surface area contributed by atoms with Gasteiger partial charge in [-0.15, -0.1) is 24.0 Å². The minimum absolute atomic E-state index is 0. The van der Waals surface area contributed by atoms with Crippen molar-refractivity contribution in [3.8, 4) is 0 Å². The Kier molecular flexibility index (Phi) is 10.0. The van der Waals surface area contributed by atoms with E-state index in [2.05, 4.69) is 20.1 Å². The first kappa shape index (κ1) is 23.3. The summed E-state index contributed by atoms with van der Waals surface area (Å²) in [5, 5.41) is 4.02. The molecule has 1 aromatic carbocycles. The lowest BCUT2D eigenvalue weighted by Gasteiger charge is -2.38. The Labute approximate surface area is 178 Å². The van der Waals surface area contributed by atoms with E-state index in [1.165, 1.54) is 0 Å². The van der Waals surface area contributed by atoms with Crippen LogP contribution in [0.2, 0.25) is 5.02 Å². The van der Waals surface area contributed by atoms with E-state index in [-0.39, 0.29) is 35.5 Å². The molecule has 148 valence electrons. The summed E-state index contributed by atoms with van der Waals surface area (Å²) in [5.74, 6) is 1.04. The average Bonchev–Trinajstić information content (AvgIpc) is 2.62. The van der Waals surface area contributed by atoms with E-state index < -0.39 is 9.84 Å². The van der Waals surface area contributed by atoms with Gasteiger partial charge in [0.05, 0.1) is 23.0 Å². The van der Waals surface area contributed by atoms with Gasteiger partial charge in [0.1, 0.15) is 0 Å². The highest BCUT2D eigenvalue weighted by Crippen LogP contribution is 2.25. The van der Waals surface area contributed by atoms with Gasteiger partial charge >= 0.3 is 0 Å². The molecule has 26 heavy (non-hydrogen) atoms. The zero-order valence-corrected chi connectivity index (χ0v) is 19.2. The molecule has 1 aromatic rings. The second-order valence-electron chi connectivity index (χ2n) is 5.90. The van der Waals surface area contributed by atoms with E-state index in [0.717, 1.165) is 49.4 Å². The number of hydrogen-bond acceptors (Lipinski definition) is 4. The molecule has 0 unspecified atom stereocenters. The number of piperazine rings is 1. The molecule has 1 aliphatic rings. The number of halogens is 2. The Bertz CT molecular complexity index is 692. The Balaban J connectivity index is 0.00000338. The predicted molar refractivity (Wildman–Crippen MR) is 121 cm³/mol. The third-order valence-electron chi connectivity index (χ3n) is 4.21. The molecule has 1 fully saturated rings. The molecule has 6 nitrogen and oxygen atoms in total. The molecule has 1 saturated heterocycles. The van der Waals surface area contributed by atoms with Gasteiger partial charge in [0.25, 0.3) is 0 Å². The topological polar surface area (TPSA) is 65.0 Å². The molecule has 0 radical (unpaired) electrons. The van der Waals surface area contributed by atoms with Gasteiger partial charge < -0.3 is 15.1 Å². The number of nitrogens with zero attached hydrogens (tertiary/aromatic N) is 3. The minimum Gasteiger partial charge on any atom is -0.367 e. The summed E-state index contributed by atoms with van der Waals surface area (Å²) in [6.07, 6.45) is 0. The van der Waals surface area contributed by atoms with Crippen LogP contribution in [0.3, 0.4) is 0 Å². The van der Waals surface area contributed by atoms with Crippen LogP contribution in [0.1, 0.15) is 13.8 Å². The Morgan fingerprint density at radius 2 is 1.85 bits per heavy atom. The third-order valence-corrected chi connectivity index (χ3v) is 6.21. The number of anilines is 1. The molecular formula is C17H28ClIN4O2S. The van der Waals surface area contributed by atoms with Crippen molar-refractivity contribution in [3.63, 3.8) is 0 Å². The second kappa shape index (κ2) is 11.2. The molecule has 0 aromatic heterocycles. The highest BCUT2D eigenvalue weighted by molar-refractivity contribution is 14.0. The summed E-state index contributed by atoms with van der Waals surface area (Å²) in [6.45, 7) is 8.06. The number of guanidine groups is 1. The van der Waals surface area contributed by atoms with Crippen LogP contribution in [0.15, 0.2) is 29.3 Å². The van der Waals surface area contributed by atoms with Crippen LogP contribution >= 0.6 is 35.6 Å². The van der Waals surface area contributed by atoms with Crippen LogP contribution in [0.25, 0.3) is 0 Å². The van der Waals surface area contributed by atoms with Crippen LogP contribution in [-0.4, -0.2) is 70.1 Å². The first-order chi connectivity index (χ1) is 12.0. The number of sulfone groups is 1. The van der Waals surface area contributed by atoms with Crippen LogP contribution in [0, 0.1) is 0 Å². The SMILES string of the molecule is CCNC(=NCCS(=O)(=O)CC)N1CCN(c2ccccc2Cl)CC1.I. The van der Waals surface area contributed by atoms with Gasteiger partial charge in [0, 0.05) is 38.5 Å². The molecule has 0 bridgehead atoms. The van der Waals surface area contributed by atoms with Gasteiger partial charge in [0.15, 0.2) is 15.8 Å². The van der Waals surface area contributed by atoms with Crippen molar-refractivity contribution in [1.29, 1.82) is 0 Å². The molecule has 2 rings (SSSR count). The highest BCUT2D eigenvalue weighted by atomic mass is 127. The zero-order chi connectivity index (χ0) is 18.3. The monoisotopic (exact) mass is 514 g/mol. The number of hydrogen-bond donors (Lipinski definition) is 1. The zero-order valence-electron chi connectivity index (χ0n) is 15.3. The van der Waals surface area contributed by atoms with Crippen molar-refractivity contribution in [2.45, 2.75) is 13.8 Å². The fraction of sp³-hybridized carbons (Fsp3) is 0.588. The van der Waals surface area contributed by atoms with E-state index >= 15 is 0 Å². The molecule has 0 spiro atoms. The van der Waals surface area contributed by atoms with E-state index in [9.17, 15) is 8.42 Å². The lowest BCUT2D eigenvalue weighted by atomic mass is 10.2. The van der Waals surface area contributed by atoms with Crippen LogP contribution in [-0.2, 0) is 9.84 Å². The minimum atomic E-state index is -2.99. The van der Waals surface area contributed by atoms with Crippen LogP contribution in [0.4, 0.5) is 5.69 Å². The number of benzene rings is 1. The van der Waals surface area contributed by atoms with E-state index in [0.29, 0.717) is 6.54 Å². The lowest BCUT2D eigenvalue weighted by Crippen LogP contribution is -2.52. The molecule has 9 heteroatoms. The molecule has 1 aliphatic heterocycles. The van der Waals surface area contributed by atoms with E-state index in [1.54, 1.807) is 6.92 Å². The maximum atomic E-state index is 11.6. The van der Waals surface area contributed by atoms with Gasteiger partial charge in [-0.2, -0.15) is 0 Å². The first-order valence-electron chi connectivity index (χ1n) is 8.70. The smallest absolute Gasteiger partial charge is 0.194 e. The van der Waals surface area contributed by atoms with Gasteiger partial charge in [-0.3, -0.25) is 4.99 Å². The maximum absolute atomic E-state index is 11.6. The number of para-hydroxylation sites is 1. The Morgan fingerprint density at radius 3 is 2.42 bits per heavy atom. The number of nitrogens with one attached hydrogen (secondary N) is 1. The molecular weight excluding hydrogens is 487 g/mol. The quantitative estimate of drug-likeness (QED) is 0.359. The maximum Gasteiger partial charge on any atom is 0.194 e. The molecule has 0 aliphatic carbocycles. The van der Waals surface area contributed by atoms with Crippen LogP contribution < -0.4 is 10.2 Å². The first-order valence-corrected chi connectivity index (χ1v) is 10.9. The third kappa shape index (κ3) is 6.77. The molecule has 0 atom stereocenters. The van der Waals surface area contributed by atoms with Crippen molar-refractivity contribution in [3.05, 3.63) is 29.3 Å². The molecule has 1 N–H and O–H groups in total. The standard InChI is InChI=1S/C17H27ClN4O2S.HI/c1-3-19-17(20-9-14-25(23,24)4-2)22-12-10-21(11-13-22)16-8-6-5-7-15(16)18;/h5-8H,3-4,9-14H2,1-2H3,(H,19,20);1H. The van der Waals surface area contributed by atoms with Crippen molar-refractivity contribution >= 4 is 57.1 Å². The average molecular weight is 515 g/mol. The summed E-state index contributed by atoms with van der Waals surface area (Å²) in [5.41, 5.74) is 1.06. The van der Waals surface area contributed by atoms with Crippen molar-refractivity contribution in [2.75, 3.05) is 55.7 Å². The Hall–Kier alpha value is -0.740. The van der Waals surface area contributed by atoms with Gasteiger partial charge in [-0.25, -0.2) is 8.42 Å². The molecule has 0 saturated carbocycles. The molecule has 1 heterocycles. The summed E-state index contributed by atoms with van der Waals surface area (Å²) < 4.78 is 23.2. The largest absolute Gasteiger partial charge is 0.367 e. The van der Waals surface area contributed by atoms with Crippen molar-refractivity contribution < 1.29 is 8.42 Å². The van der Waals surface area contributed by atoms with Gasteiger partial charge in [-0.1, -0.05) is 30.7 Å². The van der Waals surface area contributed by atoms with E-state index in [1.807, 2.05) is 31.2 Å². The summed E-state index contributed by atoms with van der Waals surface area (Å²) in [7, 11) is -2.99. The van der Waals surface area contributed by atoms with Gasteiger partial charge in [-0.05, 0) is 19.1 Å². The highest BCUT2D eigenvalue weighted by Gasteiger charge is 2.21.